The van der Waals surface area contributed by atoms with Crippen molar-refractivity contribution in [3.63, 3.8) is 0 Å². The number of thioether (sulfide) groups is 1. The molecule has 1 aliphatic rings. The van der Waals surface area contributed by atoms with E-state index >= 15 is 0 Å². The molecule has 0 spiro atoms. The van der Waals surface area contributed by atoms with Gasteiger partial charge in [-0.25, -0.2) is 0 Å². The van der Waals surface area contributed by atoms with Crippen molar-refractivity contribution in [1.29, 1.82) is 0 Å². The molecule has 2 unspecified atom stereocenters. The van der Waals surface area contributed by atoms with E-state index in [0.717, 1.165) is 25.4 Å². The molecule has 124 valence electrons. The van der Waals surface area contributed by atoms with Crippen molar-refractivity contribution in [1.82, 2.24) is 10.6 Å². The molecule has 1 aliphatic heterocycles. The van der Waals surface area contributed by atoms with Crippen molar-refractivity contribution in [2.75, 3.05) is 25.4 Å². The van der Waals surface area contributed by atoms with Crippen LogP contribution < -0.4 is 10.6 Å². The highest BCUT2D eigenvalue weighted by Crippen LogP contribution is 2.22. The van der Waals surface area contributed by atoms with Crippen LogP contribution in [0.15, 0.2) is 35.2 Å². The summed E-state index contributed by atoms with van der Waals surface area (Å²) in [6.07, 6.45) is 3.15. The predicted octanol–water partition coefficient (Wildman–Crippen LogP) is 3.34. The van der Waals surface area contributed by atoms with Gasteiger partial charge in [-0.05, 0) is 49.9 Å². The molecule has 1 aromatic carbocycles. The lowest BCUT2D eigenvalue weighted by molar-refractivity contribution is -0.122. The molecule has 1 aromatic rings. The normalized spacial score (nSPS) is 19.0. The third kappa shape index (κ3) is 7.03. The molecule has 0 aliphatic carbocycles. The molecule has 1 fully saturated rings. The van der Waals surface area contributed by atoms with Crippen LogP contribution in [0.5, 0.6) is 0 Å². The van der Waals surface area contributed by atoms with Crippen molar-refractivity contribution in [3.8, 4) is 0 Å². The van der Waals surface area contributed by atoms with Gasteiger partial charge in [-0.1, -0.05) is 25.1 Å². The summed E-state index contributed by atoms with van der Waals surface area (Å²) in [6.45, 7) is 5.15. The maximum Gasteiger partial charge on any atom is 0.220 e. The van der Waals surface area contributed by atoms with E-state index in [1.165, 1.54) is 17.7 Å². The Kier molecular flexibility index (Phi) is 9.60. The number of nitrogens with one attached hydrogen (secondary N) is 2. The first kappa shape index (κ1) is 19.3. The van der Waals surface area contributed by atoms with E-state index in [-0.39, 0.29) is 18.3 Å². The topological polar surface area (TPSA) is 41.1 Å². The molecule has 2 atom stereocenters. The largest absolute Gasteiger partial charge is 0.355 e. The Morgan fingerprint density at radius 2 is 2.18 bits per heavy atom. The van der Waals surface area contributed by atoms with Crippen LogP contribution in [0.25, 0.3) is 0 Å². The Morgan fingerprint density at radius 3 is 2.86 bits per heavy atom. The van der Waals surface area contributed by atoms with E-state index in [4.69, 9.17) is 0 Å². The van der Waals surface area contributed by atoms with Crippen molar-refractivity contribution >= 4 is 30.1 Å². The van der Waals surface area contributed by atoms with Crippen molar-refractivity contribution in [2.45, 2.75) is 31.1 Å². The highest BCUT2D eigenvalue weighted by molar-refractivity contribution is 7.99. The Morgan fingerprint density at radius 1 is 1.41 bits per heavy atom. The van der Waals surface area contributed by atoms with E-state index in [0.29, 0.717) is 18.3 Å². The molecule has 0 radical (unpaired) electrons. The van der Waals surface area contributed by atoms with E-state index in [9.17, 15) is 4.79 Å². The molecule has 2 rings (SSSR count). The number of carbonyl (C=O) groups excluding carboxylic acids is 1. The van der Waals surface area contributed by atoms with Crippen molar-refractivity contribution < 1.29 is 4.79 Å². The number of halogens is 1. The summed E-state index contributed by atoms with van der Waals surface area (Å²) in [4.78, 5) is 13.2. The number of carbonyl (C=O) groups is 1. The number of hydrogen-bond acceptors (Lipinski definition) is 3. The van der Waals surface area contributed by atoms with Crippen LogP contribution in [0.2, 0.25) is 0 Å². The first-order valence-corrected chi connectivity index (χ1v) is 8.89. The van der Waals surface area contributed by atoms with Gasteiger partial charge in [0, 0.05) is 23.6 Å². The standard InChI is InChI=1S/C17H26N2OS.ClH/c1-14(15-6-5-9-18-13-15)12-17(20)19-10-11-21-16-7-3-2-4-8-16;/h2-4,7-8,14-15,18H,5-6,9-13H2,1H3,(H,19,20);1H. The molecule has 1 heterocycles. The minimum Gasteiger partial charge on any atom is -0.355 e. The summed E-state index contributed by atoms with van der Waals surface area (Å²) in [7, 11) is 0. The summed E-state index contributed by atoms with van der Waals surface area (Å²) >= 11 is 1.78. The van der Waals surface area contributed by atoms with Crippen LogP contribution in [0.1, 0.15) is 26.2 Å². The van der Waals surface area contributed by atoms with Gasteiger partial charge in [-0.3, -0.25) is 4.79 Å². The van der Waals surface area contributed by atoms with Crippen LogP contribution in [0, 0.1) is 11.8 Å². The average molecular weight is 343 g/mol. The fourth-order valence-electron chi connectivity index (χ4n) is 2.77. The van der Waals surface area contributed by atoms with E-state index in [1.807, 2.05) is 18.2 Å². The first-order valence-electron chi connectivity index (χ1n) is 7.91. The van der Waals surface area contributed by atoms with Gasteiger partial charge in [0.05, 0.1) is 0 Å². The van der Waals surface area contributed by atoms with Crippen LogP contribution >= 0.6 is 24.2 Å². The van der Waals surface area contributed by atoms with Gasteiger partial charge in [0.25, 0.3) is 0 Å². The fraction of sp³-hybridized carbons (Fsp3) is 0.588. The van der Waals surface area contributed by atoms with Crippen LogP contribution in [-0.2, 0) is 4.79 Å². The number of benzene rings is 1. The first-order chi connectivity index (χ1) is 10.3. The Hall–Kier alpha value is -0.710. The maximum atomic E-state index is 12.0. The molecule has 1 saturated heterocycles. The predicted molar refractivity (Wildman–Crippen MR) is 96.8 cm³/mol. The summed E-state index contributed by atoms with van der Waals surface area (Å²) < 4.78 is 0. The van der Waals surface area contributed by atoms with E-state index in [1.54, 1.807) is 11.8 Å². The second-order valence-corrected chi connectivity index (χ2v) is 6.97. The number of hydrogen-bond donors (Lipinski definition) is 2. The summed E-state index contributed by atoms with van der Waals surface area (Å²) in [5.74, 6) is 2.25. The molecule has 22 heavy (non-hydrogen) atoms. The monoisotopic (exact) mass is 342 g/mol. The minimum atomic E-state index is 0. The third-order valence-electron chi connectivity index (χ3n) is 4.08. The maximum absolute atomic E-state index is 12.0. The van der Waals surface area contributed by atoms with Crippen LogP contribution in [0.4, 0.5) is 0 Å². The minimum absolute atomic E-state index is 0. The highest BCUT2D eigenvalue weighted by atomic mass is 35.5. The molecular formula is C17H27ClN2OS. The van der Waals surface area contributed by atoms with E-state index in [2.05, 4.69) is 29.7 Å². The van der Waals surface area contributed by atoms with Gasteiger partial charge in [0.2, 0.25) is 5.91 Å². The average Bonchev–Trinajstić information content (AvgIpc) is 2.53. The zero-order valence-corrected chi connectivity index (χ0v) is 14.8. The second-order valence-electron chi connectivity index (χ2n) is 5.80. The van der Waals surface area contributed by atoms with Crippen molar-refractivity contribution in [2.24, 2.45) is 11.8 Å². The van der Waals surface area contributed by atoms with Gasteiger partial charge in [-0.15, -0.1) is 24.2 Å². The van der Waals surface area contributed by atoms with Gasteiger partial charge in [-0.2, -0.15) is 0 Å². The SMILES string of the molecule is CC(CC(=O)NCCSc1ccccc1)C1CCCNC1.Cl. The Bertz CT molecular complexity index is 424. The van der Waals surface area contributed by atoms with Gasteiger partial charge >= 0.3 is 0 Å². The summed E-state index contributed by atoms with van der Waals surface area (Å²) in [5.41, 5.74) is 0. The lowest BCUT2D eigenvalue weighted by Gasteiger charge is -2.28. The quantitative estimate of drug-likeness (QED) is 0.590. The smallest absolute Gasteiger partial charge is 0.220 e. The molecule has 2 N–H and O–H groups in total. The van der Waals surface area contributed by atoms with Gasteiger partial charge in [0.15, 0.2) is 0 Å². The molecule has 3 nitrogen and oxygen atoms in total. The summed E-state index contributed by atoms with van der Waals surface area (Å²) in [6, 6.07) is 10.3. The fourth-order valence-corrected chi connectivity index (χ4v) is 3.56. The lowest BCUT2D eigenvalue weighted by Crippen LogP contribution is -2.36. The number of amides is 1. The molecule has 0 aromatic heterocycles. The summed E-state index contributed by atoms with van der Waals surface area (Å²) in [5, 5.41) is 6.47. The van der Waals surface area contributed by atoms with Crippen molar-refractivity contribution in [3.05, 3.63) is 30.3 Å². The second kappa shape index (κ2) is 10.9. The van der Waals surface area contributed by atoms with Crippen LogP contribution in [-0.4, -0.2) is 31.3 Å². The molecule has 1 amide bonds. The lowest BCUT2D eigenvalue weighted by atomic mass is 9.85. The number of rotatable bonds is 7. The molecule has 0 bridgehead atoms. The zero-order chi connectivity index (χ0) is 14.9. The molecule has 5 heteroatoms. The molecule has 0 saturated carbocycles. The number of piperidine rings is 1. The molecular weight excluding hydrogens is 316 g/mol. The van der Waals surface area contributed by atoms with Gasteiger partial charge < -0.3 is 10.6 Å². The van der Waals surface area contributed by atoms with Gasteiger partial charge in [0.1, 0.15) is 0 Å². The third-order valence-corrected chi connectivity index (χ3v) is 5.10. The Labute approximate surface area is 144 Å². The highest BCUT2D eigenvalue weighted by Gasteiger charge is 2.21. The van der Waals surface area contributed by atoms with E-state index < -0.39 is 0 Å². The van der Waals surface area contributed by atoms with Crippen LogP contribution in [0.3, 0.4) is 0 Å². The Balaban J connectivity index is 0.00000242. The zero-order valence-electron chi connectivity index (χ0n) is 13.2.